The molecule has 0 fully saturated rings. The number of urea groups is 1. The highest BCUT2D eigenvalue weighted by atomic mass is 16.5. The minimum absolute atomic E-state index is 0.0195. The van der Waals surface area contributed by atoms with Crippen LogP contribution in [0.2, 0.25) is 0 Å². The van der Waals surface area contributed by atoms with Crippen molar-refractivity contribution >= 4 is 23.7 Å². The quantitative estimate of drug-likeness (QED) is 0.532. The van der Waals surface area contributed by atoms with E-state index in [2.05, 4.69) is 5.32 Å². The molecule has 2 N–H and O–H groups in total. The van der Waals surface area contributed by atoms with Crippen LogP contribution < -0.4 is 10.6 Å². The van der Waals surface area contributed by atoms with Crippen molar-refractivity contribution in [2.75, 3.05) is 6.61 Å². The summed E-state index contributed by atoms with van der Waals surface area (Å²) in [5.74, 6) is -1.10. The van der Waals surface area contributed by atoms with Gasteiger partial charge < -0.3 is 14.5 Å². The van der Waals surface area contributed by atoms with Crippen LogP contribution >= 0.6 is 0 Å². The topological polar surface area (TPSA) is 115 Å². The minimum atomic E-state index is -0.772. The van der Waals surface area contributed by atoms with E-state index in [1.165, 1.54) is 6.26 Å². The van der Waals surface area contributed by atoms with Gasteiger partial charge in [0.2, 0.25) is 0 Å². The average Bonchev–Trinajstić information content (AvgIpc) is 3.18. The number of esters is 1. The zero-order chi connectivity index (χ0) is 20.5. The van der Waals surface area contributed by atoms with E-state index in [1.807, 2.05) is 31.3 Å². The summed E-state index contributed by atoms with van der Waals surface area (Å²) in [6.45, 7) is 3.22. The van der Waals surface area contributed by atoms with E-state index < -0.39 is 24.5 Å². The summed E-state index contributed by atoms with van der Waals surface area (Å²) in [4.78, 5) is 47.1. The molecular formula is C20H22N2O6. The molecule has 0 aliphatic rings. The molecule has 0 bridgehead atoms. The monoisotopic (exact) mass is 386 g/mol. The summed E-state index contributed by atoms with van der Waals surface area (Å²) >= 11 is 0. The second-order valence-electron chi connectivity index (χ2n) is 6.21. The van der Waals surface area contributed by atoms with Gasteiger partial charge >= 0.3 is 12.0 Å². The Labute approximate surface area is 162 Å². The van der Waals surface area contributed by atoms with Crippen molar-refractivity contribution in [1.29, 1.82) is 0 Å². The maximum absolute atomic E-state index is 12.2. The fourth-order valence-corrected chi connectivity index (χ4v) is 2.39. The molecule has 0 radical (unpaired) electrons. The van der Waals surface area contributed by atoms with Crippen LogP contribution in [0.1, 0.15) is 40.1 Å². The van der Waals surface area contributed by atoms with E-state index in [4.69, 9.17) is 9.15 Å². The van der Waals surface area contributed by atoms with Crippen molar-refractivity contribution in [3.63, 3.8) is 0 Å². The molecule has 0 saturated heterocycles. The molecule has 0 spiro atoms. The fraction of sp³-hybridized carbons (Fsp3) is 0.300. The highest BCUT2D eigenvalue weighted by Crippen LogP contribution is 2.14. The first-order valence-corrected chi connectivity index (χ1v) is 8.71. The molecule has 0 aliphatic heterocycles. The van der Waals surface area contributed by atoms with E-state index in [0.717, 1.165) is 11.1 Å². The number of aryl methyl sites for hydroxylation is 2. The van der Waals surface area contributed by atoms with Crippen LogP contribution in [0.5, 0.6) is 0 Å². The third kappa shape index (κ3) is 6.71. The molecule has 1 aromatic heterocycles. The third-order valence-electron chi connectivity index (χ3n) is 3.87. The van der Waals surface area contributed by atoms with Gasteiger partial charge in [0.25, 0.3) is 5.91 Å². The maximum Gasteiger partial charge on any atom is 0.321 e. The zero-order valence-electron chi connectivity index (χ0n) is 15.7. The van der Waals surface area contributed by atoms with Gasteiger partial charge in [0.1, 0.15) is 5.76 Å². The summed E-state index contributed by atoms with van der Waals surface area (Å²) in [5.41, 5.74) is 2.36. The van der Waals surface area contributed by atoms with Gasteiger partial charge in [-0.25, -0.2) is 4.79 Å². The largest absolute Gasteiger partial charge is 0.467 e. The number of hydrogen-bond donors (Lipinski definition) is 2. The molecule has 0 saturated carbocycles. The number of benzene rings is 1. The first-order valence-electron chi connectivity index (χ1n) is 8.71. The van der Waals surface area contributed by atoms with Crippen molar-refractivity contribution in [3.8, 4) is 0 Å². The number of rotatable bonds is 8. The molecule has 8 nitrogen and oxygen atoms in total. The molecular weight excluding hydrogens is 364 g/mol. The Bertz CT molecular complexity index is 858. The van der Waals surface area contributed by atoms with Crippen LogP contribution in [-0.2, 0) is 20.9 Å². The van der Waals surface area contributed by atoms with Gasteiger partial charge in [0.05, 0.1) is 19.2 Å². The van der Waals surface area contributed by atoms with Gasteiger partial charge in [-0.1, -0.05) is 17.7 Å². The second kappa shape index (κ2) is 10.1. The third-order valence-corrected chi connectivity index (χ3v) is 3.87. The number of hydrogen-bond acceptors (Lipinski definition) is 6. The highest BCUT2D eigenvalue weighted by Gasteiger charge is 2.14. The number of Topliss-reactive ketones (excluding diaryl/α,β-unsaturated/α-hetero) is 1. The van der Waals surface area contributed by atoms with E-state index in [1.54, 1.807) is 18.2 Å². The summed E-state index contributed by atoms with van der Waals surface area (Å²) in [6, 6.07) is 8.14. The number of carbonyl (C=O) groups excluding carboxylic acids is 4. The van der Waals surface area contributed by atoms with Crippen LogP contribution in [0.4, 0.5) is 4.79 Å². The lowest BCUT2D eigenvalue weighted by Gasteiger charge is -2.08. The normalized spacial score (nSPS) is 10.2. The fourth-order valence-electron chi connectivity index (χ4n) is 2.39. The molecule has 1 heterocycles. The summed E-state index contributed by atoms with van der Waals surface area (Å²) in [5, 5.41) is 4.45. The molecule has 3 amide bonds. The lowest BCUT2D eigenvalue weighted by atomic mass is 9.99. The average molecular weight is 386 g/mol. The lowest BCUT2D eigenvalue weighted by molar-refractivity contribution is -0.148. The van der Waals surface area contributed by atoms with Gasteiger partial charge in [0, 0.05) is 12.0 Å². The van der Waals surface area contributed by atoms with E-state index in [0.29, 0.717) is 11.3 Å². The van der Waals surface area contributed by atoms with Crippen molar-refractivity contribution in [3.05, 3.63) is 59.0 Å². The summed E-state index contributed by atoms with van der Waals surface area (Å²) in [6.07, 6.45) is 1.29. The number of nitrogens with one attached hydrogen (secondary N) is 2. The van der Waals surface area contributed by atoms with E-state index in [-0.39, 0.29) is 25.2 Å². The van der Waals surface area contributed by atoms with Crippen molar-refractivity contribution in [2.45, 2.75) is 33.2 Å². The van der Waals surface area contributed by atoms with Crippen molar-refractivity contribution in [1.82, 2.24) is 10.6 Å². The number of furan rings is 1. The minimum Gasteiger partial charge on any atom is -0.467 e. The standard InChI is InChI=1S/C20H22N2O6/c1-13-5-6-14(2)16(10-13)17(23)7-8-19(25)28-12-18(24)22-20(26)21-11-15-4-3-9-27-15/h3-6,9-10H,7-8,11-12H2,1-2H3,(H2,21,22,24,26). The smallest absolute Gasteiger partial charge is 0.321 e. The number of amides is 3. The predicted molar refractivity (Wildman–Crippen MR) is 99.5 cm³/mol. The van der Waals surface area contributed by atoms with E-state index >= 15 is 0 Å². The molecule has 8 heteroatoms. The second-order valence-corrected chi connectivity index (χ2v) is 6.21. The Morgan fingerprint density at radius 2 is 1.86 bits per heavy atom. The Kier molecular flexibility index (Phi) is 7.50. The Hall–Kier alpha value is -3.42. The Balaban J connectivity index is 1.67. The number of carbonyl (C=O) groups is 4. The molecule has 1 aromatic carbocycles. The van der Waals surface area contributed by atoms with Crippen molar-refractivity contribution < 1.29 is 28.3 Å². The van der Waals surface area contributed by atoms with Gasteiger partial charge in [-0.3, -0.25) is 19.7 Å². The molecule has 2 rings (SSSR count). The van der Waals surface area contributed by atoms with Gasteiger partial charge in [-0.2, -0.15) is 0 Å². The molecule has 148 valence electrons. The SMILES string of the molecule is Cc1ccc(C)c(C(=O)CCC(=O)OCC(=O)NC(=O)NCc2ccco2)c1. The molecule has 0 unspecified atom stereocenters. The van der Waals surface area contributed by atoms with Gasteiger partial charge in [0.15, 0.2) is 12.4 Å². The van der Waals surface area contributed by atoms with Gasteiger partial charge in [-0.05, 0) is 37.6 Å². The first kappa shape index (κ1) is 20.9. The van der Waals surface area contributed by atoms with Crippen LogP contribution in [0, 0.1) is 13.8 Å². The molecule has 0 aliphatic carbocycles. The first-order chi connectivity index (χ1) is 13.3. The lowest BCUT2D eigenvalue weighted by Crippen LogP contribution is -2.41. The highest BCUT2D eigenvalue weighted by molar-refractivity contribution is 5.99. The van der Waals surface area contributed by atoms with Crippen LogP contribution in [0.25, 0.3) is 0 Å². The molecule has 2 aromatic rings. The predicted octanol–water partition coefficient (Wildman–Crippen LogP) is 2.43. The Morgan fingerprint density at radius 3 is 2.57 bits per heavy atom. The number of ketones is 1. The van der Waals surface area contributed by atoms with Crippen LogP contribution in [-0.4, -0.2) is 30.3 Å². The summed E-state index contributed by atoms with van der Waals surface area (Å²) in [7, 11) is 0. The van der Waals surface area contributed by atoms with Crippen LogP contribution in [0.15, 0.2) is 41.0 Å². The van der Waals surface area contributed by atoms with E-state index in [9.17, 15) is 19.2 Å². The maximum atomic E-state index is 12.2. The van der Waals surface area contributed by atoms with Crippen LogP contribution in [0.3, 0.4) is 0 Å². The number of imide groups is 1. The Morgan fingerprint density at radius 1 is 1.07 bits per heavy atom. The van der Waals surface area contributed by atoms with Crippen molar-refractivity contribution in [2.24, 2.45) is 0 Å². The van der Waals surface area contributed by atoms with Gasteiger partial charge in [-0.15, -0.1) is 0 Å². The molecule has 0 atom stereocenters. The number of ether oxygens (including phenoxy) is 1. The zero-order valence-corrected chi connectivity index (χ0v) is 15.7. The summed E-state index contributed by atoms with van der Waals surface area (Å²) < 4.78 is 9.83. The molecule has 28 heavy (non-hydrogen) atoms.